The Balaban J connectivity index is 2.02. The van der Waals surface area contributed by atoms with Gasteiger partial charge in [0, 0.05) is 12.7 Å². The van der Waals surface area contributed by atoms with Crippen molar-refractivity contribution in [2.24, 2.45) is 0 Å². The molecule has 0 bridgehead atoms. The van der Waals surface area contributed by atoms with E-state index >= 15 is 0 Å². The van der Waals surface area contributed by atoms with Crippen molar-refractivity contribution in [3.63, 3.8) is 0 Å². The molecule has 2 aromatic heterocycles. The summed E-state index contributed by atoms with van der Waals surface area (Å²) in [7, 11) is 0. The van der Waals surface area contributed by atoms with Crippen molar-refractivity contribution < 1.29 is 4.42 Å². The second-order valence-corrected chi connectivity index (χ2v) is 3.47. The van der Waals surface area contributed by atoms with Crippen LogP contribution in [0.1, 0.15) is 25.6 Å². The lowest BCUT2D eigenvalue weighted by atomic mass is 10.2. The Morgan fingerprint density at radius 2 is 2.47 bits per heavy atom. The average Bonchev–Trinajstić information content (AvgIpc) is 2.87. The van der Waals surface area contributed by atoms with Gasteiger partial charge in [-0.3, -0.25) is 4.68 Å². The monoisotopic (exact) mass is 205 g/mol. The van der Waals surface area contributed by atoms with Crippen LogP contribution in [0.25, 0.3) is 0 Å². The summed E-state index contributed by atoms with van der Waals surface area (Å²) in [4.78, 5) is 0. The topological polar surface area (TPSA) is 43.0 Å². The normalized spacial score (nSPS) is 12.7. The molecule has 0 fully saturated rings. The number of furan rings is 1. The van der Waals surface area contributed by atoms with Gasteiger partial charge in [0.2, 0.25) is 0 Å². The van der Waals surface area contributed by atoms with Crippen molar-refractivity contribution in [1.29, 1.82) is 0 Å². The molecule has 4 nitrogen and oxygen atoms in total. The standard InChI is InChI=1S/C11H15N3O/c1-3-14-8-10(7-12-14)13-9(2)11-5-4-6-15-11/h4-9,13H,3H2,1-2H3/t9-/m0/s1. The molecule has 0 aliphatic carbocycles. The predicted molar refractivity (Wildman–Crippen MR) is 58.6 cm³/mol. The molecule has 2 rings (SSSR count). The molecule has 0 aliphatic rings. The molecule has 0 unspecified atom stereocenters. The van der Waals surface area contributed by atoms with Gasteiger partial charge in [-0.1, -0.05) is 0 Å². The van der Waals surface area contributed by atoms with Crippen molar-refractivity contribution in [1.82, 2.24) is 9.78 Å². The second kappa shape index (κ2) is 4.21. The zero-order valence-electron chi connectivity index (χ0n) is 8.97. The minimum atomic E-state index is 0.162. The molecule has 0 aromatic carbocycles. The Bertz CT molecular complexity index is 405. The van der Waals surface area contributed by atoms with E-state index in [4.69, 9.17) is 4.42 Å². The number of hydrogen-bond acceptors (Lipinski definition) is 3. The summed E-state index contributed by atoms with van der Waals surface area (Å²) < 4.78 is 7.20. The highest BCUT2D eigenvalue weighted by molar-refractivity contribution is 5.40. The first-order chi connectivity index (χ1) is 7.29. The van der Waals surface area contributed by atoms with Crippen LogP contribution in [0.5, 0.6) is 0 Å². The fourth-order valence-corrected chi connectivity index (χ4v) is 1.47. The highest BCUT2D eigenvalue weighted by Gasteiger charge is 2.08. The van der Waals surface area contributed by atoms with Gasteiger partial charge in [0.25, 0.3) is 0 Å². The lowest BCUT2D eigenvalue weighted by molar-refractivity contribution is 0.490. The Kier molecular flexibility index (Phi) is 2.76. The van der Waals surface area contributed by atoms with Gasteiger partial charge < -0.3 is 9.73 Å². The van der Waals surface area contributed by atoms with Crippen LogP contribution < -0.4 is 5.32 Å². The third-order valence-corrected chi connectivity index (χ3v) is 2.31. The Morgan fingerprint density at radius 3 is 3.07 bits per heavy atom. The molecule has 4 heteroatoms. The summed E-state index contributed by atoms with van der Waals surface area (Å²) in [5.41, 5.74) is 1.01. The van der Waals surface area contributed by atoms with Gasteiger partial charge in [0.15, 0.2) is 0 Å². The first-order valence-corrected chi connectivity index (χ1v) is 5.12. The number of nitrogens with zero attached hydrogens (tertiary/aromatic N) is 2. The third-order valence-electron chi connectivity index (χ3n) is 2.31. The van der Waals surface area contributed by atoms with E-state index in [1.165, 1.54) is 0 Å². The highest BCUT2D eigenvalue weighted by Crippen LogP contribution is 2.18. The van der Waals surface area contributed by atoms with Gasteiger partial charge in [0.05, 0.1) is 24.2 Å². The van der Waals surface area contributed by atoms with Gasteiger partial charge >= 0.3 is 0 Å². The van der Waals surface area contributed by atoms with Gasteiger partial charge in [-0.25, -0.2) is 0 Å². The molecule has 0 saturated carbocycles. The number of aryl methyl sites for hydroxylation is 1. The summed E-state index contributed by atoms with van der Waals surface area (Å²) in [5.74, 6) is 0.930. The summed E-state index contributed by atoms with van der Waals surface area (Å²) in [6.45, 7) is 5.01. The van der Waals surface area contributed by atoms with Crippen molar-refractivity contribution >= 4 is 5.69 Å². The number of aromatic nitrogens is 2. The summed E-state index contributed by atoms with van der Waals surface area (Å²) in [6.07, 6.45) is 5.49. The molecular weight excluding hydrogens is 190 g/mol. The molecular formula is C11H15N3O. The molecule has 0 spiro atoms. The van der Waals surface area contributed by atoms with E-state index < -0.39 is 0 Å². The molecule has 15 heavy (non-hydrogen) atoms. The lowest BCUT2D eigenvalue weighted by Crippen LogP contribution is -2.04. The van der Waals surface area contributed by atoms with E-state index in [2.05, 4.69) is 24.3 Å². The van der Waals surface area contributed by atoms with Crippen LogP contribution in [0.2, 0.25) is 0 Å². The van der Waals surface area contributed by atoms with E-state index in [1.54, 1.807) is 6.26 Å². The zero-order chi connectivity index (χ0) is 10.7. The van der Waals surface area contributed by atoms with Crippen molar-refractivity contribution in [2.75, 3.05) is 5.32 Å². The number of rotatable bonds is 4. The maximum absolute atomic E-state index is 5.31. The van der Waals surface area contributed by atoms with E-state index in [0.717, 1.165) is 18.0 Å². The lowest BCUT2D eigenvalue weighted by Gasteiger charge is -2.10. The second-order valence-electron chi connectivity index (χ2n) is 3.47. The zero-order valence-corrected chi connectivity index (χ0v) is 8.97. The van der Waals surface area contributed by atoms with Gasteiger partial charge in [-0.15, -0.1) is 0 Å². The van der Waals surface area contributed by atoms with Crippen LogP contribution in [0.15, 0.2) is 35.2 Å². The molecule has 1 N–H and O–H groups in total. The minimum absolute atomic E-state index is 0.162. The molecule has 1 atom stereocenters. The Morgan fingerprint density at radius 1 is 1.60 bits per heavy atom. The van der Waals surface area contributed by atoms with Crippen LogP contribution >= 0.6 is 0 Å². The van der Waals surface area contributed by atoms with Crippen molar-refractivity contribution in [3.8, 4) is 0 Å². The van der Waals surface area contributed by atoms with Gasteiger partial charge in [0.1, 0.15) is 5.76 Å². The summed E-state index contributed by atoms with van der Waals surface area (Å²) >= 11 is 0. The first-order valence-electron chi connectivity index (χ1n) is 5.12. The van der Waals surface area contributed by atoms with Crippen molar-refractivity contribution in [3.05, 3.63) is 36.5 Å². The maximum atomic E-state index is 5.31. The van der Waals surface area contributed by atoms with Crippen LogP contribution in [-0.2, 0) is 6.54 Å². The number of anilines is 1. The SMILES string of the molecule is CCn1cc(N[C@@H](C)c2ccco2)cn1. The highest BCUT2D eigenvalue weighted by atomic mass is 16.3. The largest absolute Gasteiger partial charge is 0.467 e. The van der Waals surface area contributed by atoms with E-state index in [1.807, 2.05) is 29.2 Å². The van der Waals surface area contributed by atoms with E-state index in [9.17, 15) is 0 Å². The maximum Gasteiger partial charge on any atom is 0.125 e. The smallest absolute Gasteiger partial charge is 0.125 e. The molecule has 0 saturated heterocycles. The number of nitrogens with one attached hydrogen (secondary N) is 1. The predicted octanol–water partition coefficient (Wildman–Crippen LogP) is 2.67. The van der Waals surface area contributed by atoms with Crippen LogP contribution in [0.4, 0.5) is 5.69 Å². The fraction of sp³-hybridized carbons (Fsp3) is 0.364. The van der Waals surface area contributed by atoms with Crippen LogP contribution in [-0.4, -0.2) is 9.78 Å². The van der Waals surface area contributed by atoms with Crippen LogP contribution in [0.3, 0.4) is 0 Å². The molecule has 0 radical (unpaired) electrons. The molecule has 2 aromatic rings. The van der Waals surface area contributed by atoms with Gasteiger partial charge in [-0.2, -0.15) is 5.10 Å². The average molecular weight is 205 g/mol. The summed E-state index contributed by atoms with van der Waals surface area (Å²) in [5, 5.41) is 7.51. The first kappa shape index (κ1) is 9.83. The van der Waals surface area contributed by atoms with Crippen LogP contribution in [0, 0.1) is 0 Å². The Hall–Kier alpha value is -1.71. The molecule has 0 aliphatic heterocycles. The molecule has 2 heterocycles. The van der Waals surface area contributed by atoms with E-state index in [0.29, 0.717) is 0 Å². The summed E-state index contributed by atoms with van der Waals surface area (Å²) in [6, 6.07) is 4.01. The van der Waals surface area contributed by atoms with E-state index in [-0.39, 0.29) is 6.04 Å². The molecule has 0 amide bonds. The molecule has 80 valence electrons. The number of hydrogen-bond donors (Lipinski definition) is 1. The minimum Gasteiger partial charge on any atom is -0.467 e. The van der Waals surface area contributed by atoms with Gasteiger partial charge in [-0.05, 0) is 26.0 Å². The fourth-order valence-electron chi connectivity index (χ4n) is 1.47. The third kappa shape index (κ3) is 2.21. The Labute approximate surface area is 88.9 Å². The quantitative estimate of drug-likeness (QED) is 0.834. The van der Waals surface area contributed by atoms with Crippen molar-refractivity contribution in [2.45, 2.75) is 26.4 Å².